The van der Waals surface area contributed by atoms with Crippen molar-refractivity contribution < 1.29 is 14.3 Å². The lowest BCUT2D eigenvalue weighted by atomic mass is 10.0. The van der Waals surface area contributed by atoms with E-state index in [4.69, 9.17) is 10.5 Å². The van der Waals surface area contributed by atoms with Gasteiger partial charge in [-0.05, 0) is 57.1 Å². The number of esters is 1. The molecule has 5 nitrogen and oxygen atoms in total. The normalized spacial score (nSPS) is 15.7. The Bertz CT molecular complexity index is 624. The fourth-order valence-electron chi connectivity index (χ4n) is 3.48. The monoisotopic (exact) mass is 360 g/mol. The molecule has 0 saturated heterocycles. The first-order valence-corrected chi connectivity index (χ1v) is 9.41. The van der Waals surface area contributed by atoms with Crippen molar-refractivity contribution in [1.29, 1.82) is 0 Å². The number of nitrogens with two attached hydrogens (primary N) is 1. The van der Waals surface area contributed by atoms with Gasteiger partial charge in [0.05, 0.1) is 6.04 Å². The molecule has 0 heterocycles. The second-order valence-electron chi connectivity index (χ2n) is 8.62. The van der Waals surface area contributed by atoms with Crippen molar-refractivity contribution >= 4 is 11.9 Å². The molecule has 2 N–H and O–H groups in total. The summed E-state index contributed by atoms with van der Waals surface area (Å²) in [5, 5.41) is 0. The van der Waals surface area contributed by atoms with Gasteiger partial charge in [0.2, 0.25) is 5.91 Å². The van der Waals surface area contributed by atoms with Gasteiger partial charge >= 0.3 is 5.97 Å². The number of benzene rings is 1. The highest BCUT2D eigenvalue weighted by molar-refractivity contribution is 5.86. The standard InChI is InChI=1S/C21H32N2O3/c1-14(2)10-18(22)20(25)23(13-19(24)26-21(3,4)5)17-11-15-8-6-7-9-16(15)12-17/h6-9,14,17-18H,10-13,22H2,1-5H3/t18-/m0/s1. The summed E-state index contributed by atoms with van der Waals surface area (Å²) < 4.78 is 5.44. The molecule has 0 aromatic heterocycles. The van der Waals surface area contributed by atoms with E-state index in [1.807, 2.05) is 46.8 Å². The average Bonchev–Trinajstić information content (AvgIpc) is 2.93. The molecular formula is C21H32N2O3. The van der Waals surface area contributed by atoms with E-state index in [0.717, 1.165) is 12.8 Å². The molecule has 2 rings (SSSR count). The van der Waals surface area contributed by atoms with E-state index in [9.17, 15) is 9.59 Å². The summed E-state index contributed by atoms with van der Waals surface area (Å²) in [5.41, 5.74) is 8.04. The van der Waals surface area contributed by atoms with Gasteiger partial charge in [0.15, 0.2) is 0 Å². The summed E-state index contributed by atoms with van der Waals surface area (Å²) in [6.07, 6.45) is 2.10. The molecular weight excluding hydrogens is 328 g/mol. The first-order chi connectivity index (χ1) is 12.1. The van der Waals surface area contributed by atoms with E-state index in [1.165, 1.54) is 11.1 Å². The van der Waals surface area contributed by atoms with Crippen LogP contribution in [0, 0.1) is 5.92 Å². The van der Waals surface area contributed by atoms with E-state index in [-0.39, 0.29) is 18.5 Å². The number of nitrogens with zero attached hydrogens (tertiary/aromatic N) is 1. The van der Waals surface area contributed by atoms with E-state index in [2.05, 4.69) is 12.1 Å². The topological polar surface area (TPSA) is 72.6 Å². The fraction of sp³-hybridized carbons (Fsp3) is 0.619. The highest BCUT2D eigenvalue weighted by Crippen LogP contribution is 2.26. The molecule has 0 spiro atoms. The number of hydrogen-bond acceptors (Lipinski definition) is 4. The Morgan fingerprint density at radius 2 is 1.73 bits per heavy atom. The Morgan fingerprint density at radius 1 is 1.19 bits per heavy atom. The van der Waals surface area contributed by atoms with Crippen LogP contribution in [-0.2, 0) is 27.2 Å². The summed E-state index contributed by atoms with van der Waals surface area (Å²) in [5.74, 6) is -0.237. The van der Waals surface area contributed by atoms with Crippen LogP contribution in [-0.4, -0.2) is 41.0 Å². The maximum Gasteiger partial charge on any atom is 0.326 e. The van der Waals surface area contributed by atoms with Crippen LogP contribution >= 0.6 is 0 Å². The summed E-state index contributed by atoms with van der Waals surface area (Å²) >= 11 is 0. The van der Waals surface area contributed by atoms with Gasteiger partial charge in [-0.15, -0.1) is 0 Å². The number of amides is 1. The number of rotatable bonds is 6. The third kappa shape index (κ3) is 5.56. The molecule has 1 aliphatic rings. The summed E-state index contributed by atoms with van der Waals surface area (Å²) in [7, 11) is 0. The highest BCUT2D eigenvalue weighted by Gasteiger charge is 2.34. The maximum absolute atomic E-state index is 13.0. The first-order valence-electron chi connectivity index (χ1n) is 9.41. The van der Waals surface area contributed by atoms with Gasteiger partial charge in [-0.3, -0.25) is 9.59 Å². The van der Waals surface area contributed by atoms with Crippen LogP contribution in [0.1, 0.15) is 52.2 Å². The lowest BCUT2D eigenvalue weighted by Crippen LogP contribution is -2.52. The predicted molar refractivity (Wildman–Crippen MR) is 103 cm³/mol. The lowest BCUT2D eigenvalue weighted by molar-refractivity contribution is -0.160. The molecule has 144 valence electrons. The average molecular weight is 360 g/mol. The van der Waals surface area contributed by atoms with E-state index >= 15 is 0 Å². The van der Waals surface area contributed by atoms with Gasteiger partial charge in [-0.1, -0.05) is 38.1 Å². The molecule has 1 amide bonds. The van der Waals surface area contributed by atoms with Gasteiger partial charge in [0, 0.05) is 6.04 Å². The second kappa shape index (κ2) is 8.21. The molecule has 0 fully saturated rings. The van der Waals surface area contributed by atoms with Crippen LogP contribution in [0.2, 0.25) is 0 Å². The Kier molecular flexibility index (Phi) is 6.45. The van der Waals surface area contributed by atoms with Crippen LogP contribution in [0.25, 0.3) is 0 Å². The van der Waals surface area contributed by atoms with Crippen molar-refractivity contribution in [1.82, 2.24) is 4.90 Å². The molecule has 1 aromatic rings. The van der Waals surface area contributed by atoms with Crippen molar-refractivity contribution in [3.63, 3.8) is 0 Å². The number of hydrogen-bond donors (Lipinski definition) is 1. The van der Waals surface area contributed by atoms with Crippen LogP contribution < -0.4 is 5.73 Å². The fourth-order valence-corrected chi connectivity index (χ4v) is 3.48. The van der Waals surface area contributed by atoms with Gasteiger partial charge in [-0.25, -0.2) is 0 Å². The lowest BCUT2D eigenvalue weighted by Gasteiger charge is -2.32. The van der Waals surface area contributed by atoms with Crippen molar-refractivity contribution in [2.24, 2.45) is 11.7 Å². The maximum atomic E-state index is 13.0. The predicted octanol–water partition coefficient (Wildman–Crippen LogP) is 2.70. The zero-order chi connectivity index (χ0) is 19.5. The minimum Gasteiger partial charge on any atom is -0.459 e. The number of carbonyl (C=O) groups excluding carboxylic acids is 2. The molecule has 0 bridgehead atoms. The van der Waals surface area contributed by atoms with Crippen molar-refractivity contribution in [2.75, 3.05) is 6.54 Å². The van der Waals surface area contributed by atoms with Gasteiger partial charge in [0.25, 0.3) is 0 Å². The minimum atomic E-state index is -0.596. The molecule has 1 aliphatic carbocycles. The molecule has 26 heavy (non-hydrogen) atoms. The second-order valence-corrected chi connectivity index (χ2v) is 8.62. The zero-order valence-electron chi connectivity index (χ0n) is 16.6. The van der Waals surface area contributed by atoms with Gasteiger partial charge in [-0.2, -0.15) is 0 Å². The third-order valence-electron chi connectivity index (χ3n) is 4.52. The molecule has 0 aliphatic heterocycles. The third-order valence-corrected chi connectivity index (χ3v) is 4.52. The molecule has 5 heteroatoms. The first kappa shape index (κ1) is 20.4. The quantitative estimate of drug-likeness (QED) is 0.792. The Hall–Kier alpha value is -1.88. The Labute approximate surface area is 156 Å². The van der Waals surface area contributed by atoms with E-state index < -0.39 is 17.6 Å². The van der Waals surface area contributed by atoms with Gasteiger partial charge in [0.1, 0.15) is 12.1 Å². The Morgan fingerprint density at radius 3 is 2.19 bits per heavy atom. The SMILES string of the molecule is CC(C)C[C@H](N)C(=O)N(CC(=O)OC(C)(C)C)C1Cc2ccccc2C1. The van der Waals surface area contributed by atoms with Crippen molar-refractivity contribution in [3.8, 4) is 0 Å². The van der Waals surface area contributed by atoms with Gasteiger partial charge < -0.3 is 15.4 Å². The van der Waals surface area contributed by atoms with E-state index in [1.54, 1.807) is 4.90 Å². The largest absolute Gasteiger partial charge is 0.459 e. The highest BCUT2D eigenvalue weighted by atomic mass is 16.6. The van der Waals surface area contributed by atoms with Crippen LogP contribution in [0.15, 0.2) is 24.3 Å². The number of ether oxygens (including phenoxy) is 1. The smallest absolute Gasteiger partial charge is 0.326 e. The number of fused-ring (bicyclic) bond motifs is 1. The molecule has 0 saturated carbocycles. The minimum absolute atomic E-state index is 0.0503. The zero-order valence-corrected chi connectivity index (χ0v) is 16.6. The molecule has 0 unspecified atom stereocenters. The van der Waals surface area contributed by atoms with Crippen molar-refractivity contribution in [2.45, 2.75) is 71.6 Å². The Balaban J connectivity index is 2.16. The van der Waals surface area contributed by atoms with Crippen molar-refractivity contribution in [3.05, 3.63) is 35.4 Å². The molecule has 1 aromatic carbocycles. The van der Waals surface area contributed by atoms with Crippen LogP contribution in [0.3, 0.4) is 0 Å². The summed E-state index contributed by atoms with van der Waals surface area (Å²) in [6, 6.07) is 7.53. The summed E-state index contributed by atoms with van der Waals surface area (Å²) in [4.78, 5) is 27.0. The molecule has 0 radical (unpaired) electrons. The number of carbonyl (C=O) groups is 2. The van der Waals surface area contributed by atoms with E-state index in [0.29, 0.717) is 12.3 Å². The summed E-state index contributed by atoms with van der Waals surface area (Å²) in [6.45, 7) is 9.50. The molecule has 1 atom stereocenters. The van der Waals surface area contributed by atoms with Crippen LogP contribution in [0.4, 0.5) is 0 Å². The van der Waals surface area contributed by atoms with Crippen LogP contribution in [0.5, 0.6) is 0 Å².